The Balaban J connectivity index is 2.75. The summed E-state index contributed by atoms with van der Waals surface area (Å²) in [5.41, 5.74) is 14.0. The highest BCUT2D eigenvalue weighted by Gasteiger charge is 2.32. The average molecular weight is 359 g/mol. The molecule has 132 valence electrons. The maximum absolute atomic E-state index is 12.3. The normalized spacial score (nSPS) is 17.2. The van der Waals surface area contributed by atoms with E-state index in [1.165, 1.54) is 0 Å². The van der Waals surface area contributed by atoms with E-state index in [-0.39, 0.29) is 16.4 Å². The zero-order chi connectivity index (χ0) is 18.7. The van der Waals surface area contributed by atoms with Gasteiger partial charge in [0.05, 0.1) is 4.86 Å². The van der Waals surface area contributed by atoms with Gasteiger partial charge in [0.15, 0.2) is 5.96 Å². The van der Waals surface area contributed by atoms with Crippen LogP contribution in [0.5, 0.6) is 0 Å². The molecule has 1 aromatic carbocycles. The fourth-order valence-electron chi connectivity index (χ4n) is 3.00. The van der Waals surface area contributed by atoms with Crippen LogP contribution in [0.2, 0.25) is 0 Å². The third kappa shape index (κ3) is 3.88. The molecule has 0 saturated carbocycles. The van der Waals surface area contributed by atoms with E-state index >= 15 is 0 Å². The van der Waals surface area contributed by atoms with Crippen LogP contribution in [0.25, 0.3) is 5.57 Å². The fourth-order valence-corrected chi connectivity index (χ4v) is 3.97. The third-order valence-electron chi connectivity index (χ3n) is 4.11. The number of aliphatic imine (C=N–C) groups is 1. The lowest BCUT2D eigenvalue weighted by atomic mass is 9.79. The van der Waals surface area contributed by atoms with Crippen LogP contribution in [0.15, 0.2) is 46.5 Å². The van der Waals surface area contributed by atoms with Crippen LogP contribution < -0.4 is 11.5 Å². The molecule has 4 N–H and O–H groups in total. The predicted molar refractivity (Wildman–Crippen MR) is 100 cm³/mol. The molecule has 1 atom stereocenters. The van der Waals surface area contributed by atoms with Gasteiger partial charge in [-0.3, -0.25) is 4.79 Å². The molecule has 25 heavy (non-hydrogen) atoms. The van der Waals surface area contributed by atoms with Gasteiger partial charge in [0.1, 0.15) is 0 Å². The van der Waals surface area contributed by atoms with Gasteiger partial charge >= 0.3 is 0 Å². The summed E-state index contributed by atoms with van der Waals surface area (Å²) >= 11 is 0. The van der Waals surface area contributed by atoms with E-state index in [9.17, 15) is 13.2 Å². The SMILES string of the molecule is CCC1C(C(=O)N=C(N)N)=CC(C)=C(c2ccc(C)cc2)C1=S(=O)=O. The van der Waals surface area contributed by atoms with Crippen molar-refractivity contribution in [3.8, 4) is 0 Å². The summed E-state index contributed by atoms with van der Waals surface area (Å²) < 4.78 is 24.0. The quantitative estimate of drug-likeness (QED) is 0.483. The van der Waals surface area contributed by atoms with Crippen molar-refractivity contribution in [2.45, 2.75) is 27.2 Å². The van der Waals surface area contributed by atoms with Gasteiger partial charge in [0, 0.05) is 17.1 Å². The van der Waals surface area contributed by atoms with Crippen LogP contribution >= 0.6 is 0 Å². The van der Waals surface area contributed by atoms with Gasteiger partial charge in [0.2, 0.25) is 10.3 Å². The molecule has 0 bridgehead atoms. The minimum absolute atomic E-state index is 0.195. The molecule has 6 nitrogen and oxygen atoms in total. The van der Waals surface area contributed by atoms with E-state index in [4.69, 9.17) is 11.5 Å². The van der Waals surface area contributed by atoms with Crippen LogP contribution in [-0.2, 0) is 15.1 Å². The first-order chi connectivity index (χ1) is 11.8. The summed E-state index contributed by atoms with van der Waals surface area (Å²) in [6.07, 6.45) is 2.11. The molecule has 1 amide bonds. The van der Waals surface area contributed by atoms with Gasteiger partial charge < -0.3 is 11.5 Å². The van der Waals surface area contributed by atoms with Crippen molar-refractivity contribution in [1.29, 1.82) is 0 Å². The lowest BCUT2D eigenvalue weighted by Crippen LogP contribution is -2.29. The van der Waals surface area contributed by atoms with Crippen molar-refractivity contribution in [2.75, 3.05) is 0 Å². The Morgan fingerprint density at radius 2 is 1.76 bits per heavy atom. The van der Waals surface area contributed by atoms with Crippen molar-refractivity contribution in [2.24, 2.45) is 22.4 Å². The minimum atomic E-state index is -2.48. The number of benzene rings is 1. The number of allylic oxidation sites excluding steroid dienone is 3. The van der Waals surface area contributed by atoms with Crippen LogP contribution in [0.3, 0.4) is 0 Å². The van der Waals surface area contributed by atoms with Crippen molar-refractivity contribution in [3.05, 3.63) is 52.6 Å². The van der Waals surface area contributed by atoms with E-state index in [2.05, 4.69) is 4.99 Å². The lowest BCUT2D eigenvalue weighted by Gasteiger charge is -2.25. The first-order valence-corrected chi connectivity index (χ1v) is 8.93. The van der Waals surface area contributed by atoms with Crippen LogP contribution in [-0.4, -0.2) is 25.1 Å². The molecular weight excluding hydrogens is 338 g/mol. The summed E-state index contributed by atoms with van der Waals surface area (Å²) in [6, 6.07) is 7.60. The number of guanidine groups is 1. The van der Waals surface area contributed by atoms with Gasteiger partial charge in [-0.2, -0.15) is 13.4 Å². The number of hydrogen-bond donors (Lipinski definition) is 2. The minimum Gasteiger partial charge on any atom is -0.370 e. The second-order valence-electron chi connectivity index (χ2n) is 5.93. The zero-order valence-electron chi connectivity index (χ0n) is 14.4. The molecule has 0 heterocycles. The standard InChI is InChI=1S/C18H21N3O3S/c1-4-13-14(17(22)21-18(19)20)9-11(3)15(16(13)25(23)24)12-7-5-10(2)6-8-12/h5-9,13H,4H2,1-3H3,(H4,19,20,21,22). The molecular formula is C18H21N3O3S. The highest BCUT2D eigenvalue weighted by Crippen LogP contribution is 2.35. The number of carbonyl (C=O) groups excluding carboxylic acids is 1. The smallest absolute Gasteiger partial charge is 0.276 e. The summed E-state index contributed by atoms with van der Waals surface area (Å²) in [4.78, 5) is 16.1. The summed E-state index contributed by atoms with van der Waals surface area (Å²) in [6.45, 7) is 5.56. The Bertz CT molecular complexity index is 924. The number of amides is 1. The monoisotopic (exact) mass is 359 g/mol. The molecule has 0 spiro atoms. The summed E-state index contributed by atoms with van der Waals surface area (Å²) in [5.74, 6) is -1.55. The van der Waals surface area contributed by atoms with Crippen LogP contribution in [0.1, 0.15) is 31.4 Å². The van der Waals surface area contributed by atoms with E-state index in [1.807, 2.05) is 38.1 Å². The Kier molecular flexibility index (Phi) is 5.58. The van der Waals surface area contributed by atoms with Gasteiger partial charge in [-0.15, -0.1) is 0 Å². The molecule has 1 unspecified atom stereocenters. The fraction of sp³-hybridized carbons (Fsp3) is 0.278. The van der Waals surface area contributed by atoms with Gasteiger partial charge in [-0.25, -0.2) is 0 Å². The van der Waals surface area contributed by atoms with Gasteiger partial charge in [-0.1, -0.05) is 36.8 Å². The van der Waals surface area contributed by atoms with E-state index in [0.717, 1.165) is 11.1 Å². The average Bonchev–Trinajstić information content (AvgIpc) is 2.54. The van der Waals surface area contributed by atoms with Crippen LogP contribution in [0, 0.1) is 12.8 Å². The Morgan fingerprint density at radius 1 is 1.16 bits per heavy atom. The Hall–Kier alpha value is -2.67. The number of aryl methyl sites for hydroxylation is 1. The number of nitrogens with zero attached hydrogens (tertiary/aromatic N) is 1. The second kappa shape index (κ2) is 7.48. The second-order valence-corrected chi connectivity index (χ2v) is 6.83. The van der Waals surface area contributed by atoms with E-state index < -0.39 is 22.1 Å². The van der Waals surface area contributed by atoms with E-state index in [1.54, 1.807) is 13.0 Å². The predicted octanol–water partition coefficient (Wildman–Crippen LogP) is 1.59. The largest absolute Gasteiger partial charge is 0.370 e. The zero-order valence-corrected chi connectivity index (χ0v) is 15.2. The molecule has 0 aromatic heterocycles. The molecule has 7 heteroatoms. The molecule has 0 aliphatic heterocycles. The maximum atomic E-state index is 12.3. The molecule has 1 aliphatic rings. The Morgan fingerprint density at radius 3 is 2.24 bits per heavy atom. The van der Waals surface area contributed by atoms with Crippen molar-refractivity contribution in [1.82, 2.24) is 0 Å². The summed E-state index contributed by atoms with van der Waals surface area (Å²) in [5, 5.41) is 0. The number of carbonyl (C=O) groups is 1. The highest BCUT2D eigenvalue weighted by atomic mass is 32.2. The van der Waals surface area contributed by atoms with Gasteiger partial charge in [-0.05, 0) is 37.5 Å². The molecule has 0 radical (unpaired) electrons. The van der Waals surface area contributed by atoms with Gasteiger partial charge in [0.25, 0.3) is 5.91 Å². The molecule has 2 rings (SSSR count). The third-order valence-corrected chi connectivity index (χ3v) is 4.96. The van der Waals surface area contributed by atoms with Crippen LogP contribution in [0.4, 0.5) is 0 Å². The molecule has 1 aliphatic carbocycles. The van der Waals surface area contributed by atoms with Crippen molar-refractivity contribution < 1.29 is 13.2 Å². The first kappa shape index (κ1) is 18.7. The number of rotatable bonds is 3. The highest BCUT2D eigenvalue weighted by molar-refractivity contribution is 7.74. The Labute approximate surface area is 148 Å². The first-order valence-electron chi connectivity index (χ1n) is 7.86. The lowest BCUT2D eigenvalue weighted by molar-refractivity contribution is -0.114. The molecule has 0 fully saturated rings. The number of nitrogens with two attached hydrogens (primary N) is 2. The molecule has 0 saturated heterocycles. The maximum Gasteiger partial charge on any atom is 0.276 e. The molecule has 1 aromatic rings. The van der Waals surface area contributed by atoms with E-state index in [0.29, 0.717) is 17.6 Å². The summed E-state index contributed by atoms with van der Waals surface area (Å²) in [7, 11) is -2.48. The van der Waals surface area contributed by atoms with Crippen molar-refractivity contribution >= 4 is 32.6 Å². The van der Waals surface area contributed by atoms with Crippen molar-refractivity contribution in [3.63, 3.8) is 0 Å². The number of hydrogen-bond acceptors (Lipinski definition) is 3. The topological polar surface area (TPSA) is 116 Å².